The Kier molecular flexibility index (Phi) is 1.78. The molecule has 0 spiro atoms. The first-order chi connectivity index (χ1) is 4.33. The molecule has 0 aliphatic carbocycles. The van der Waals surface area contributed by atoms with Crippen molar-refractivity contribution in [1.29, 1.82) is 0 Å². The lowest BCUT2D eigenvalue weighted by atomic mass is 10.2. The summed E-state index contributed by atoms with van der Waals surface area (Å²) in [5.41, 5.74) is 0.527. The molecular formula is C7H4ClO+. The zero-order valence-corrected chi connectivity index (χ0v) is 5.35. The highest BCUT2D eigenvalue weighted by molar-refractivity contribution is 6.30. The number of halogens is 1. The first kappa shape index (κ1) is 6.21. The molecule has 0 unspecified atom stereocenters. The third kappa shape index (κ3) is 1.49. The molecule has 0 aliphatic heterocycles. The third-order valence-electron chi connectivity index (χ3n) is 0.962. The largest absolute Gasteiger partial charge is 0.303 e. The van der Waals surface area contributed by atoms with Gasteiger partial charge in [-0.1, -0.05) is 11.6 Å². The summed E-state index contributed by atoms with van der Waals surface area (Å²) in [7, 11) is 0. The summed E-state index contributed by atoms with van der Waals surface area (Å²) in [4.78, 5) is 9.95. The molecule has 0 radical (unpaired) electrons. The molecule has 0 amide bonds. The van der Waals surface area contributed by atoms with Gasteiger partial charge < -0.3 is 0 Å². The Bertz CT molecular complexity index is 203. The van der Waals surface area contributed by atoms with E-state index in [1.807, 2.05) is 0 Å². The Balaban J connectivity index is 3.01. The van der Waals surface area contributed by atoms with E-state index >= 15 is 0 Å². The van der Waals surface area contributed by atoms with Crippen LogP contribution in [0.15, 0.2) is 24.3 Å². The van der Waals surface area contributed by atoms with Crippen molar-refractivity contribution in [1.82, 2.24) is 0 Å². The van der Waals surface area contributed by atoms with Gasteiger partial charge in [-0.25, -0.2) is 0 Å². The number of carbonyl (C=O) groups excluding carboxylic acids is 1. The van der Waals surface area contributed by atoms with Crippen LogP contribution in [0.2, 0.25) is 5.02 Å². The number of rotatable bonds is 1. The maximum absolute atomic E-state index is 9.95. The van der Waals surface area contributed by atoms with Crippen LogP contribution < -0.4 is 0 Å². The van der Waals surface area contributed by atoms with Crippen molar-refractivity contribution in [2.75, 3.05) is 0 Å². The molecule has 0 bridgehead atoms. The van der Waals surface area contributed by atoms with Crippen molar-refractivity contribution in [2.24, 2.45) is 0 Å². The van der Waals surface area contributed by atoms with E-state index in [2.05, 4.69) is 0 Å². The van der Waals surface area contributed by atoms with Gasteiger partial charge in [-0.2, -0.15) is 0 Å². The van der Waals surface area contributed by atoms with E-state index in [4.69, 9.17) is 11.6 Å². The molecule has 0 N–H and O–H groups in total. The molecule has 44 valence electrons. The van der Waals surface area contributed by atoms with Crippen LogP contribution in [-0.2, 0) is 4.79 Å². The van der Waals surface area contributed by atoms with Gasteiger partial charge in [0, 0.05) is 12.1 Å². The van der Waals surface area contributed by atoms with Crippen molar-refractivity contribution >= 4 is 17.9 Å². The van der Waals surface area contributed by atoms with Crippen molar-refractivity contribution in [3.05, 3.63) is 34.9 Å². The van der Waals surface area contributed by atoms with E-state index in [1.54, 1.807) is 30.6 Å². The van der Waals surface area contributed by atoms with E-state index in [1.165, 1.54) is 0 Å². The second-order valence-electron chi connectivity index (χ2n) is 1.61. The molecule has 2 heteroatoms. The SMILES string of the molecule is O=[C+]c1ccc(Cl)cc1. The lowest BCUT2D eigenvalue weighted by Crippen LogP contribution is -1.75. The molecule has 0 saturated carbocycles. The first-order valence-corrected chi connectivity index (χ1v) is 2.84. The minimum Gasteiger partial charge on any atom is -0.141 e. The summed E-state index contributed by atoms with van der Waals surface area (Å²) in [6.07, 6.45) is 1.75. The van der Waals surface area contributed by atoms with Crippen LogP contribution in [0.1, 0.15) is 5.56 Å². The van der Waals surface area contributed by atoms with Gasteiger partial charge in [0.15, 0.2) is 0 Å². The fourth-order valence-electron chi connectivity index (χ4n) is 0.518. The van der Waals surface area contributed by atoms with Gasteiger partial charge in [0.25, 0.3) is 0 Å². The summed E-state index contributed by atoms with van der Waals surface area (Å²) < 4.78 is 0. The highest BCUT2D eigenvalue weighted by atomic mass is 35.5. The number of hydrogen-bond donors (Lipinski definition) is 0. The summed E-state index contributed by atoms with van der Waals surface area (Å²) in [5.74, 6) is 0. The maximum Gasteiger partial charge on any atom is 0.303 e. The van der Waals surface area contributed by atoms with Gasteiger partial charge in [0.2, 0.25) is 5.56 Å². The van der Waals surface area contributed by atoms with E-state index in [9.17, 15) is 4.79 Å². The highest BCUT2D eigenvalue weighted by Gasteiger charge is 1.98. The predicted molar refractivity (Wildman–Crippen MR) is 36.2 cm³/mol. The fraction of sp³-hybridized carbons (Fsp3) is 0. The minimum atomic E-state index is 0.527. The molecule has 0 atom stereocenters. The lowest BCUT2D eigenvalue weighted by Gasteiger charge is -1.78. The third-order valence-corrected chi connectivity index (χ3v) is 1.21. The average Bonchev–Trinajstić information content (AvgIpc) is 1.90. The van der Waals surface area contributed by atoms with Crippen molar-refractivity contribution in [2.45, 2.75) is 0 Å². The summed E-state index contributed by atoms with van der Waals surface area (Å²) in [6.45, 7) is 0. The molecule has 1 aromatic carbocycles. The van der Waals surface area contributed by atoms with Crippen LogP contribution >= 0.6 is 11.6 Å². The predicted octanol–water partition coefficient (Wildman–Crippen LogP) is 1.80. The van der Waals surface area contributed by atoms with E-state index in [0.29, 0.717) is 10.6 Å². The zero-order valence-electron chi connectivity index (χ0n) is 4.60. The van der Waals surface area contributed by atoms with Gasteiger partial charge in [-0.3, -0.25) is 0 Å². The summed E-state index contributed by atoms with van der Waals surface area (Å²) in [5, 5.41) is 0.633. The maximum atomic E-state index is 9.95. The second kappa shape index (κ2) is 2.58. The van der Waals surface area contributed by atoms with Crippen molar-refractivity contribution < 1.29 is 4.79 Å². The standard InChI is InChI=1S/C7H4ClO/c8-7-3-1-6(5-9)2-4-7/h1-4H/q+1. The van der Waals surface area contributed by atoms with Crippen molar-refractivity contribution in [3.63, 3.8) is 0 Å². The van der Waals surface area contributed by atoms with Gasteiger partial charge in [-0.05, 0) is 0 Å². The topological polar surface area (TPSA) is 17.1 Å². The quantitative estimate of drug-likeness (QED) is 0.543. The summed E-state index contributed by atoms with van der Waals surface area (Å²) >= 11 is 5.54. The smallest absolute Gasteiger partial charge is 0.141 e. The Morgan fingerprint density at radius 1 is 1.22 bits per heavy atom. The fourth-order valence-corrected chi connectivity index (χ4v) is 0.644. The molecular weight excluding hydrogens is 136 g/mol. The van der Waals surface area contributed by atoms with Gasteiger partial charge in [0.05, 0.1) is 17.2 Å². The van der Waals surface area contributed by atoms with E-state index in [0.717, 1.165) is 0 Å². The highest BCUT2D eigenvalue weighted by Crippen LogP contribution is 2.07. The Labute approximate surface area is 58.3 Å². The first-order valence-electron chi connectivity index (χ1n) is 2.46. The van der Waals surface area contributed by atoms with Crippen LogP contribution in [0.5, 0.6) is 0 Å². The van der Waals surface area contributed by atoms with E-state index in [-0.39, 0.29) is 0 Å². The monoisotopic (exact) mass is 139 g/mol. The Morgan fingerprint density at radius 3 is 2.22 bits per heavy atom. The zero-order chi connectivity index (χ0) is 6.69. The van der Waals surface area contributed by atoms with Gasteiger partial charge in [0.1, 0.15) is 0 Å². The van der Waals surface area contributed by atoms with Crippen LogP contribution in [0.3, 0.4) is 0 Å². The Morgan fingerprint density at radius 2 is 1.78 bits per heavy atom. The van der Waals surface area contributed by atoms with Crippen molar-refractivity contribution in [3.8, 4) is 0 Å². The van der Waals surface area contributed by atoms with Crippen LogP contribution in [0.25, 0.3) is 0 Å². The normalized spacial score (nSPS) is 8.56. The van der Waals surface area contributed by atoms with E-state index < -0.39 is 0 Å². The molecule has 0 heterocycles. The molecule has 0 aliphatic rings. The lowest BCUT2D eigenvalue weighted by molar-refractivity contribution is 0.563. The molecule has 0 saturated heterocycles. The van der Waals surface area contributed by atoms with Crippen LogP contribution in [0, 0.1) is 0 Å². The number of hydrogen-bond acceptors (Lipinski definition) is 1. The van der Waals surface area contributed by atoms with Gasteiger partial charge in [-0.15, -0.1) is 4.79 Å². The molecule has 0 fully saturated rings. The molecule has 1 rings (SSSR count). The molecule has 9 heavy (non-hydrogen) atoms. The average molecular weight is 140 g/mol. The summed E-state index contributed by atoms with van der Waals surface area (Å²) in [6, 6.07) is 6.55. The van der Waals surface area contributed by atoms with Gasteiger partial charge >= 0.3 is 6.29 Å². The van der Waals surface area contributed by atoms with Crippen LogP contribution in [-0.4, -0.2) is 6.29 Å². The second-order valence-corrected chi connectivity index (χ2v) is 2.05. The minimum absolute atomic E-state index is 0.527. The van der Waals surface area contributed by atoms with Crippen LogP contribution in [0.4, 0.5) is 0 Å². The number of benzene rings is 1. The molecule has 1 aromatic rings. The Hall–Kier alpha value is -0.910. The molecule has 1 nitrogen and oxygen atoms in total. The molecule has 0 aromatic heterocycles.